The molecule has 154 valence electrons. The third kappa shape index (κ3) is 4.63. The molecule has 2 aliphatic rings. The summed E-state index contributed by atoms with van der Waals surface area (Å²) in [6.07, 6.45) is 4.35. The minimum absolute atomic E-state index is 0. The van der Waals surface area contributed by atoms with Crippen LogP contribution in [0.2, 0.25) is 0 Å². The number of para-hydroxylation sites is 1. The third-order valence-corrected chi connectivity index (χ3v) is 5.92. The van der Waals surface area contributed by atoms with Gasteiger partial charge in [-0.05, 0) is 30.9 Å². The van der Waals surface area contributed by atoms with Crippen LogP contribution in [0.15, 0.2) is 29.4 Å². The van der Waals surface area contributed by atoms with E-state index in [1.807, 2.05) is 7.05 Å². The van der Waals surface area contributed by atoms with Crippen molar-refractivity contribution >= 4 is 40.8 Å². The molecular weight excluding hydrogens is 465 g/mol. The molecule has 1 aromatic heterocycles. The maximum Gasteiger partial charge on any atom is 0.193 e. The number of aromatic amines is 1. The molecule has 3 heterocycles. The Labute approximate surface area is 184 Å². The quantitative estimate of drug-likeness (QED) is 0.388. The Kier molecular flexibility index (Phi) is 7.59. The second kappa shape index (κ2) is 9.93. The summed E-state index contributed by atoms with van der Waals surface area (Å²) < 4.78 is 5.49. The summed E-state index contributed by atoms with van der Waals surface area (Å²) in [7, 11) is 1.89. The van der Waals surface area contributed by atoms with Crippen LogP contribution in [0, 0.1) is 6.92 Å². The van der Waals surface area contributed by atoms with E-state index in [-0.39, 0.29) is 24.0 Å². The molecule has 2 aliphatic heterocycles. The number of hydrogen-bond acceptors (Lipinski definition) is 3. The largest absolute Gasteiger partial charge is 0.379 e. The number of benzene rings is 1. The van der Waals surface area contributed by atoms with Gasteiger partial charge in [0.15, 0.2) is 5.96 Å². The number of aromatic nitrogens is 1. The molecule has 1 atom stereocenters. The van der Waals surface area contributed by atoms with Gasteiger partial charge in [0, 0.05) is 62.9 Å². The lowest BCUT2D eigenvalue weighted by molar-refractivity contribution is 0.0195. The highest BCUT2D eigenvalue weighted by molar-refractivity contribution is 14.0. The first-order valence-electron chi connectivity index (χ1n) is 10.1. The Morgan fingerprint density at radius 1 is 1.29 bits per heavy atom. The van der Waals surface area contributed by atoms with Crippen LogP contribution in [0.3, 0.4) is 0 Å². The van der Waals surface area contributed by atoms with Gasteiger partial charge in [-0.3, -0.25) is 9.89 Å². The minimum Gasteiger partial charge on any atom is -0.379 e. The van der Waals surface area contributed by atoms with E-state index in [2.05, 4.69) is 56.4 Å². The number of likely N-dealkylation sites (tertiary alicyclic amines) is 1. The fraction of sp³-hybridized carbons (Fsp3) is 0.571. The number of aryl methyl sites for hydroxylation is 1. The third-order valence-electron chi connectivity index (χ3n) is 5.92. The van der Waals surface area contributed by atoms with Crippen molar-refractivity contribution in [1.29, 1.82) is 0 Å². The highest BCUT2D eigenvalue weighted by Crippen LogP contribution is 2.21. The Morgan fingerprint density at radius 2 is 2.11 bits per heavy atom. The highest BCUT2D eigenvalue weighted by atomic mass is 127. The number of aliphatic imine (C=N–C) groups is 1. The summed E-state index contributed by atoms with van der Waals surface area (Å²) in [5.41, 5.74) is 3.92. The maximum absolute atomic E-state index is 5.49. The van der Waals surface area contributed by atoms with Crippen LogP contribution < -0.4 is 5.32 Å². The molecule has 0 amide bonds. The van der Waals surface area contributed by atoms with E-state index < -0.39 is 0 Å². The van der Waals surface area contributed by atoms with Crippen LogP contribution in [0.4, 0.5) is 0 Å². The molecule has 2 saturated heterocycles. The van der Waals surface area contributed by atoms with Crippen LogP contribution in [-0.4, -0.2) is 79.8 Å². The van der Waals surface area contributed by atoms with Gasteiger partial charge in [-0.2, -0.15) is 0 Å². The van der Waals surface area contributed by atoms with E-state index in [1.165, 1.54) is 28.5 Å². The number of ether oxygens (including phenoxy) is 1. The van der Waals surface area contributed by atoms with Crippen molar-refractivity contribution in [1.82, 2.24) is 20.1 Å². The van der Waals surface area contributed by atoms with Gasteiger partial charge in [0.05, 0.1) is 13.2 Å². The standard InChI is InChI=1S/C21H31N5O.HI/c1-16-4-3-5-19-17(14-24-20(16)19)6-8-23-21(22-2)26-9-7-18(15-26)25-10-12-27-13-11-25;/h3-5,14,18,24H,6-13,15H2,1-2H3,(H,22,23);1H. The number of nitrogens with one attached hydrogen (secondary N) is 2. The molecule has 2 aromatic rings. The van der Waals surface area contributed by atoms with Crippen molar-refractivity contribution in [2.75, 3.05) is 53.0 Å². The van der Waals surface area contributed by atoms with Crippen molar-refractivity contribution in [3.63, 3.8) is 0 Å². The van der Waals surface area contributed by atoms with Crippen LogP contribution in [0.1, 0.15) is 17.5 Å². The summed E-state index contributed by atoms with van der Waals surface area (Å²) in [5, 5.41) is 4.90. The SMILES string of the molecule is CN=C(NCCc1c[nH]c2c(C)cccc12)N1CCC(N2CCOCC2)C1.I. The van der Waals surface area contributed by atoms with Crippen LogP contribution in [-0.2, 0) is 11.2 Å². The highest BCUT2D eigenvalue weighted by Gasteiger charge is 2.30. The monoisotopic (exact) mass is 497 g/mol. The van der Waals surface area contributed by atoms with Gasteiger partial charge in [0.2, 0.25) is 0 Å². The molecule has 28 heavy (non-hydrogen) atoms. The van der Waals surface area contributed by atoms with Gasteiger partial charge < -0.3 is 19.9 Å². The fourth-order valence-electron chi connectivity index (χ4n) is 4.39. The average molecular weight is 497 g/mol. The van der Waals surface area contributed by atoms with E-state index in [9.17, 15) is 0 Å². The van der Waals surface area contributed by atoms with E-state index in [1.54, 1.807) is 0 Å². The van der Waals surface area contributed by atoms with Crippen molar-refractivity contribution in [3.05, 3.63) is 35.5 Å². The summed E-state index contributed by atoms with van der Waals surface area (Å²) in [6.45, 7) is 9.04. The molecule has 0 spiro atoms. The first-order chi connectivity index (χ1) is 13.3. The Bertz CT molecular complexity index is 799. The Morgan fingerprint density at radius 3 is 2.89 bits per heavy atom. The minimum atomic E-state index is 0. The lowest BCUT2D eigenvalue weighted by Gasteiger charge is -2.32. The van der Waals surface area contributed by atoms with Crippen LogP contribution >= 0.6 is 24.0 Å². The molecule has 2 N–H and O–H groups in total. The second-order valence-electron chi connectivity index (χ2n) is 7.57. The molecule has 2 fully saturated rings. The number of guanidine groups is 1. The van der Waals surface area contributed by atoms with E-state index in [0.29, 0.717) is 6.04 Å². The van der Waals surface area contributed by atoms with Gasteiger partial charge >= 0.3 is 0 Å². The van der Waals surface area contributed by atoms with Gasteiger partial charge in [-0.15, -0.1) is 24.0 Å². The van der Waals surface area contributed by atoms with Gasteiger partial charge in [0.25, 0.3) is 0 Å². The number of rotatable bonds is 4. The molecule has 6 nitrogen and oxygen atoms in total. The zero-order valence-corrected chi connectivity index (χ0v) is 19.2. The Balaban J connectivity index is 0.00000225. The number of fused-ring (bicyclic) bond motifs is 1. The first kappa shape index (κ1) is 21.4. The summed E-state index contributed by atoms with van der Waals surface area (Å²) in [5.74, 6) is 1.03. The lowest BCUT2D eigenvalue weighted by Crippen LogP contribution is -2.46. The predicted molar refractivity (Wildman–Crippen MR) is 126 cm³/mol. The molecule has 0 bridgehead atoms. The van der Waals surface area contributed by atoms with Crippen molar-refractivity contribution in [3.8, 4) is 0 Å². The van der Waals surface area contributed by atoms with Crippen LogP contribution in [0.25, 0.3) is 10.9 Å². The molecule has 0 aliphatic carbocycles. The molecule has 0 radical (unpaired) electrons. The number of morpholine rings is 1. The smallest absolute Gasteiger partial charge is 0.193 e. The van der Waals surface area contributed by atoms with Crippen molar-refractivity contribution in [2.24, 2.45) is 4.99 Å². The van der Waals surface area contributed by atoms with Gasteiger partial charge in [-0.25, -0.2) is 0 Å². The molecule has 1 unspecified atom stereocenters. The summed E-state index contributed by atoms with van der Waals surface area (Å²) >= 11 is 0. The topological polar surface area (TPSA) is 55.9 Å². The summed E-state index contributed by atoms with van der Waals surface area (Å²) in [6, 6.07) is 7.12. The van der Waals surface area contributed by atoms with E-state index in [4.69, 9.17) is 4.74 Å². The summed E-state index contributed by atoms with van der Waals surface area (Å²) in [4.78, 5) is 12.9. The van der Waals surface area contributed by atoms with E-state index in [0.717, 1.165) is 58.3 Å². The van der Waals surface area contributed by atoms with Gasteiger partial charge in [0.1, 0.15) is 0 Å². The predicted octanol–water partition coefficient (Wildman–Crippen LogP) is 2.62. The second-order valence-corrected chi connectivity index (χ2v) is 7.57. The van der Waals surface area contributed by atoms with Crippen LogP contribution in [0.5, 0.6) is 0 Å². The fourth-order valence-corrected chi connectivity index (χ4v) is 4.39. The number of halogens is 1. The normalized spacial score (nSPS) is 21.1. The van der Waals surface area contributed by atoms with E-state index >= 15 is 0 Å². The molecule has 0 saturated carbocycles. The number of H-pyrrole nitrogens is 1. The number of nitrogens with zero attached hydrogens (tertiary/aromatic N) is 3. The molecule has 1 aromatic carbocycles. The average Bonchev–Trinajstić information content (AvgIpc) is 3.34. The lowest BCUT2D eigenvalue weighted by atomic mass is 10.1. The van der Waals surface area contributed by atoms with Crippen molar-refractivity contribution in [2.45, 2.75) is 25.8 Å². The number of hydrogen-bond donors (Lipinski definition) is 2. The Hall–Kier alpha value is -1.32. The van der Waals surface area contributed by atoms with Gasteiger partial charge in [-0.1, -0.05) is 18.2 Å². The zero-order chi connectivity index (χ0) is 18.6. The molecular formula is C21H32IN5O. The van der Waals surface area contributed by atoms with Crippen molar-refractivity contribution < 1.29 is 4.74 Å². The first-order valence-corrected chi connectivity index (χ1v) is 10.1. The molecule has 7 heteroatoms. The zero-order valence-electron chi connectivity index (χ0n) is 16.9. The maximum atomic E-state index is 5.49. The molecule has 4 rings (SSSR count).